The highest BCUT2D eigenvalue weighted by Gasteiger charge is 2.23. The summed E-state index contributed by atoms with van der Waals surface area (Å²) in [6, 6.07) is -0.566. The first-order valence-electron chi connectivity index (χ1n) is 5.00. The number of hydrogen-bond donors (Lipinski definition) is 1. The maximum Gasteiger partial charge on any atom is 0.329 e. The number of nitrogens with one attached hydrogen (secondary N) is 1. The Labute approximate surface area is 94.8 Å². The molecule has 0 spiro atoms. The molecule has 0 aliphatic carbocycles. The molecule has 1 aromatic heterocycles. The monoisotopic (exact) mass is 221 g/mol. The lowest BCUT2D eigenvalue weighted by Gasteiger charge is -2.16. The molecule has 0 aliphatic rings. The van der Waals surface area contributed by atoms with E-state index in [4.69, 9.17) is 11.2 Å². The first-order chi connectivity index (χ1) is 7.70. The van der Waals surface area contributed by atoms with Crippen LogP contribution in [0.1, 0.15) is 18.7 Å². The molecule has 1 unspecified atom stereocenters. The molecule has 1 N–H and O–H groups in total. The largest absolute Gasteiger partial charge is 0.465 e. The number of esters is 1. The van der Waals surface area contributed by atoms with Gasteiger partial charge in [-0.2, -0.15) is 0 Å². The summed E-state index contributed by atoms with van der Waals surface area (Å²) in [6.07, 6.45) is 8.40. The van der Waals surface area contributed by atoms with Crippen molar-refractivity contribution in [1.29, 1.82) is 0 Å². The van der Waals surface area contributed by atoms with E-state index in [1.54, 1.807) is 24.0 Å². The summed E-state index contributed by atoms with van der Waals surface area (Å²) in [5.41, 5.74) is 0.730. The van der Waals surface area contributed by atoms with Crippen LogP contribution in [0, 0.1) is 12.3 Å². The van der Waals surface area contributed by atoms with Crippen molar-refractivity contribution >= 4 is 5.97 Å². The van der Waals surface area contributed by atoms with Crippen molar-refractivity contribution in [2.75, 3.05) is 13.2 Å². The van der Waals surface area contributed by atoms with Gasteiger partial charge in [0, 0.05) is 7.05 Å². The van der Waals surface area contributed by atoms with Gasteiger partial charge in [0.25, 0.3) is 0 Å². The van der Waals surface area contributed by atoms with Crippen LogP contribution < -0.4 is 5.32 Å². The van der Waals surface area contributed by atoms with Crippen molar-refractivity contribution < 1.29 is 9.53 Å². The maximum absolute atomic E-state index is 11.7. The van der Waals surface area contributed by atoms with E-state index in [1.165, 1.54) is 0 Å². The normalized spacial score (nSPS) is 11.8. The number of hydrogen-bond acceptors (Lipinski definition) is 4. The second-order valence-electron chi connectivity index (χ2n) is 3.20. The van der Waals surface area contributed by atoms with Crippen LogP contribution in [0.3, 0.4) is 0 Å². The number of ether oxygens (including phenoxy) is 1. The van der Waals surface area contributed by atoms with Crippen molar-refractivity contribution in [2.45, 2.75) is 13.0 Å². The zero-order chi connectivity index (χ0) is 12.0. The van der Waals surface area contributed by atoms with Gasteiger partial charge >= 0.3 is 5.97 Å². The second-order valence-corrected chi connectivity index (χ2v) is 3.20. The van der Waals surface area contributed by atoms with E-state index in [2.05, 4.69) is 16.2 Å². The van der Waals surface area contributed by atoms with Crippen molar-refractivity contribution in [3.63, 3.8) is 0 Å². The molecule has 0 bridgehead atoms. The Kier molecular flexibility index (Phi) is 4.55. The van der Waals surface area contributed by atoms with Gasteiger partial charge in [0.1, 0.15) is 6.04 Å². The molecular weight excluding hydrogens is 206 g/mol. The van der Waals surface area contributed by atoms with Gasteiger partial charge in [0.2, 0.25) is 0 Å². The number of aryl methyl sites for hydroxylation is 1. The summed E-state index contributed by atoms with van der Waals surface area (Å²) in [5, 5.41) is 2.93. The molecule has 16 heavy (non-hydrogen) atoms. The van der Waals surface area contributed by atoms with Gasteiger partial charge in [-0.3, -0.25) is 5.32 Å². The predicted molar refractivity (Wildman–Crippen MR) is 59.4 cm³/mol. The van der Waals surface area contributed by atoms with Crippen LogP contribution in [0.4, 0.5) is 0 Å². The Morgan fingerprint density at radius 2 is 2.56 bits per heavy atom. The number of rotatable bonds is 5. The van der Waals surface area contributed by atoms with E-state index >= 15 is 0 Å². The van der Waals surface area contributed by atoms with E-state index in [9.17, 15) is 4.79 Å². The molecule has 0 saturated heterocycles. The molecule has 0 radical (unpaired) electrons. The summed E-state index contributed by atoms with van der Waals surface area (Å²) in [5.74, 6) is 2.08. The highest BCUT2D eigenvalue weighted by atomic mass is 16.5. The van der Waals surface area contributed by atoms with Gasteiger partial charge in [0.15, 0.2) is 0 Å². The minimum Gasteiger partial charge on any atom is -0.465 e. The van der Waals surface area contributed by atoms with Crippen LogP contribution in [0.5, 0.6) is 0 Å². The molecule has 5 heteroatoms. The average Bonchev–Trinajstić information content (AvgIpc) is 2.66. The van der Waals surface area contributed by atoms with Crippen molar-refractivity contribution in [2.24, 2.45) is 7.05 Å². The minimum absolute atomic E-state index is 0.300. The van der Waals surface area contributed by atoms with Crippen LogP contribution in [0.25, 0.3) is 0 Å². The molecule has 0 fully saturated rings. The molecule has 1 rings (SSSR count). The molecule has 86 valence electrons. The number of imidazole rings is 1. The number of carbonyl (C=O) groups excluding carboxylic acids is 1. The molecule has 1 atom stereocenters. The van der Waals surface area contributed by atoms with E-state index in [-0.39, 0.29) is 5.97 Å². The summed E-state index contributed by atoms with van der Waals surface area (Å²) in [4.78, 5) is 15.7. The summed E-state index contributed by atoms with van der Waals surface area (Å²) in [6.45, 7) is 2.40. The molecule has 0 aromatic carbocycles. The zero-order valence-electron chi connectivity index (χ0n) is 9.43. The summed E-state index contributed by atoms with van der Waals surface area (Å²) < 4.78 is 6.72. The third-order valence-corrected chi connectivity index (χ3v) is 2.08. The van der Waals surface area contributed by atoms with Gasteiger partial charge in [-0.25, -0.2) is 9.78 Å². The van der Waals surface area contributed by atoms with E-state index in [0.29, 0.717) is 13.2 Å². The smallest absolute Gasteiger partial charge is 0.329 e. The third-order valence-electron chi connectivity index (χ3n) is 2.08. The molecule has 0 saturated carbocycles. The summed E-state index contributed by atoms with van der Waals surface area (Å²) >= 11 is 0. The van der Waals surface area contributed by atoms with Crippen LogP contribution in [0.2, 0.25) is 0 Å². The van der Waals surface area contributed by atoms with Crippen LogP contribution in [0.15, 0.2) is 12.5 Å². The third kappa shape index (κ3) is 2.84. The van der Waals surface area contributed by atoms with Gasteiger partial charge in [-0.05, 0) is 6.92 Å². The predicted octanol–water partition coefficient (Wildman–Crippen LogP) is 0.247. The Hall–Kier alpha value is -1.80. The van der Waals surface area contributed by atoms with Crippen molar-refractivity contribution in [1.82, 2.24) is 14.9 Å². The number of carbonyl (C=O) groups is 1. The maximum atomic E-state index is 11.7. The quantitative estimate of drug-likeness (QED) is 0.572. The van der Waals surface area contributed by atoms with Gasteiger partial charge in [-0.15, -0.1) is 6.42 Å². The zero-order valence-corrected chi connectivity index (χ0v) is 9.43. The molecule has 0 aliphatic heterocycles. The number of aromatic nitrogens is 2. The molecule has 0 amide bonds. The fourth-order valence-corrected chi connectivity index (χ4v) is 1.34. The molecule has 5 nitrogen and oxygen atoms in total. The van der Waals surface area contributed by atoms with Crippen LogP contribution in [-0.2, 0) is 16.6 Å². The van der Waals surface area contributed by atoms with E-state index in [0.717, 1.165) is 5.69 Å². The molecular formula is C11H15N3O2. The molecule has 1 heterocycles. The highest BCUT2D eigenvalue weighted by Crippen LogP contribution is 2.13. The average molecular weight is 221 g/mol. The van der Waals surface area contributed by atoms with Gasteiger partial charge in [-0.1, -0.05) is 5.92 Å². The highest BCUT2D eigenvalue weighted by molar-refractivity contribution is 5.77. The van der Waals surface area contributed by atoms with E-state index < -0.39 is 6.04 Å². The fraction of sp³-hybridized carbons (Fsp3) is 0.455. The Morgan fingerprint density at radius 3 is 3.06 bits per heavy atom. The van der Waals surface area contributed by atoms with Crippen molar-refractivity contribution in [3.05, 3.63) is 18.2 Å². The lowest BCUT2D eigenvalue weighted by molar-refractivity contribution is -0.145. The lowest BCUT2D eigenvalue weighted by Crippen LogP contribution is -2.31. The number of terminal acetylenes is 1. The van der Waals surface area contributed by atoms with Crippen LogP contribution >= 0.6 is 0 Å². The Morgan fingerprint density at radius 1 is 1.81 bits per heavy atom. The second kappa shape index (κ2) is 5.93. The van der Waals surface area contributed by atoms with Gasteiger partial charge in [0.05, 0.1) is 31.4 Å². The minimum atomic E-state index is -0.566. The molecule has 1 aromatic rings. The van der Waals surface area contributed by atoms with Crippen LogP contribution in [-0.4, -0.2) is 28.7 Å². The SMILES string of the molecule is C#CCNC(C(=O)OCC)c1cncn1C. The van der Waals surface area contributed by atoms with Crippen molar-refractivity contribution in [3.8, 4) is 12.3 Å². The Bertz CT molecular complexity index is 392. The fourth-order valence-electron chi connectivity index (χ4n) is 1.34. The van der Waals surface area contributed by atoms with Gasteiger partial charge < -0.3 is 9.30 Å². The Balaban J connectivity index is 2.83. The first-order valence-corrected chi connectivity index (χ1v) is 5.00. The summed E-state index contributed by atoms with van der Waals surface area (Å²) in [7, 11) is 1.81. The first kappa shape index (κ1) is 12.3. The standard InChI is InChI=1S/C11H15N3O2/c1-4-6-13-10(11(15)16-5-2)9-7-12-8-14(9)3/h1,7-8,10,13H,5-6H2,2-3H3. The lowest BCUT2D eigenvalue weighted by atomic mass is 10.2. The topological polar surface area (TPSA) is 56.1 Å². The van der Waals surface area contributed by atoms with E-state index in [1.807, 2.05) is 7.05 Å². The number of nitrogens with zero attached hydrogens (tertiary/aromatic N) is 2.